The molecular weight excluding hydrogens is 243 g/mol. The number of hydrogen-bond donors (Lipinski definition) is 3. The van der Waals surface area contributed by atoms with Gasteiger partial charge in [0.05, 0.1) is 6.04 Å². The van der Waals surface area contributed by atoms with Crippen LogP contribution in [0.3, 0.4) is 0 Å². The second-order valence-electron chi connectivity index (χ2n) is 4.52. The SMILES string of the molecule is Cc1ccc(C(Cc2ccnc(N)c2)NN)cc1F. The van der Waals surface area contributed by atoms with Gasteiger partial charge in [-0.05, 0) is 48.2 Å². The van der Waals surface area contributed by atoms with E-state index in [0.717, 1.165) is 11.1 Å². The van der Waals surface area contributed by atoms with Crippen molar-refractivity contribution in [1.29, 1.82) is 0 Å². The molecule has 0 aliphatic carbocycles. The average molecular weight is 260 g/mol. The van der Waals surface area contributed by atoms with Gasteiger partial charge in [0.15, 0.2) is 0 Å². The molecule has 1 atom stereocenters. The van der Waals surface area contributed by atoms with E-state index in [9.17, 15) is 4.39 Å². The van der Waals surface area contributed by atoms with E-state index in [2.05, 4.69) is 10.4 Å². The lowest BCUT2D eigenvalue weighted by Gasteiger charge is -2.17. The quantitative estimate of drug-likeness (QED) is 0.579. The Morgan fingerprint density at radius 2 is 2.11 bits per heavy atom. The highest BCUT2D eigenvalue weighted by molar-refractivity contribution is 5.34. The van der Waals surface area contributed by atoms with Gasteiger partial charge in [0.2, 0.25) is 0 Å². The van der Waals surface area contributed by atoms with Gasteiger partial charge in [-0.25, -0.2) is 9.37 Å². The van der Waals surface area contributed by atoms with E-state index in [1.165, 1.54) is 6.07 Å². The van der Waals surface area contributed by atoms with E-state index in [4.69, 9.17) is 11.6 Å². The summed E-state index contributed by atoms with van der Waals surface area (Å²) in [5.74, 6) is 5.79. The Bertz CT molecular complexity index is 571. The number of benzene rings is 1. The minimum Gasteiger partial charge on any atom is -0.384 e. The number of aromatic nitrogens is 1. The van der Waals surface area contributed by atoms with Crippen LogP contribution in [0, 0.1) is 12.7 Å². The van der Waals surface area contributed by atoms with Crippen molar-refractivity contribution in [2.75, 3.05) is 5.73 Å². The van der Waals surface area contributed by atoms with Crippen LogP contribution in [-0.4, -0.2) is 4.98 Å². The van der Waals surface area contributed by atoms with Gasteiger partial charge in [-0.15, -0.1) is 0 Å². The standard InChI is InChI=1S/C14H17FN4/c1-9-2-3-11(8-12(9)15)13(19-17)6-10-4-5-18-14(16)7-10/h2-5,7-8,13,19H,6,17H2,1H3,(H2,16,18). The summed E-state index contributed by atoms with van der Waals surface area (Å²) in [6.45, 7) is 1.73. The zero-order valence-corrected chi connectivity index (χ0v) is 10.7. The third-order valence-corrected chi connectivity index (χ3v) is 3.08. The summed E-state index contributed by atoms with van der Waals surface area (Å²) >= 11 is 0. The van der Waals surface area contributed by atoms with E-state index in [-0.39, 0.29) is 11.9 Å². The third-order valence-electron chi connectivity index (χ3n) is 3.08. The van der Waals surface area contributed by atoms with E-state index >= 15 is 0 Å². The van der Waals surface area contributed by atoms with Gasteiger partial charge >= 0.3 is 0 Å². The number of nitrogens with zero attached hydrogens (tertiary/aromatic N) is 1. The Morgan fingerprint density at radius 1 is 1.32 bits per heavy atom. The lowest BCUT2D eigenvalue weighted by atomic mass is 9.99. The number of pyridine rings is 1. The van der Waals surface area contributed by atoms with Gasteiger partial charge in [-0.2, -0.15) is 0 Å². The minimum atomic E-state index is -0.230. The lowest BCUT2D eigenvalue weighted by Crippen LogP contribution is -2.29. The minimum absolute atomic E-state index is 0.170. The van der Waals surface area contributed by atoms with E-state index in [1.54, 1.807) is 25.3 Å². The molecule has 2 rings (SSSR count). The van der Waals surface area contributed by atoms with Crippen molar-refractivity contribution in [3.05, 3.63) is 59.0 Å². The van der Waals surface area contributed by atoms with Crippen molar-refractivity contribution in [3.63, 3.8) is 0 Å². The average Bonchev–Trinajstić information content (AvgIpc) is 2.39. The van der Waals surface area contributed by atoms with Crippen LogP contribution >= 0.6 is 0 Å². The summed E-state index contributed by atoms with van der Waals surface area (Å²) in [7, 11) is 0. The van der Waals surface area contributed by atoms with Gasteiger partial charge in [-0.1, -0.05) is 12.1 Å². The number of anilines is 1. The third kappa shape index (κ3) is 3.27. The highest BCUT2D eigenvalue weighted by Gasteiger charge is 2.12. The first-order chi connectivity index (χ1) is 9.10. The number of hydrogen-bond acceptors (Lipinski definition) is 4. The summed E-state index contributed by atoms with van der Waals surface area (Å²) in [6, 6.07) is 8.60. The molecule has 1 aromatic carbocycles. The first kappa shape index (κ1) is 13.5. The zero-order valence-electron chi connectivity index (χ0n) is 10.7. The molecule has 0 aliphatic heterocycles. The van der Waals surface area contributed by atoms with Crippen molar-refractivity contribution in [2.45, 2.75) is 19.4 Å². The molecule has 0 saturated carbocycles. The van der Waals surface area contributed by atoms with Crippen LogP contribution in [-0.2, 0) is 6.42 Å². The van der Waals surface area contributed by atoms with Crippen LogP contribution in [0.25, 0.3) is 0 Å². The van der Waals surface area contributed by atoms with E-state index in [0.29, 0.717) is 17.8 Å². The Hall–Kier alpha value is -1.98. The number of rotatable bonds is 4. The lowest BCUT2D eigenvalue weighted by molar-refractivity contribution is 0.543. The topological polar surface area (TPSA) is 77.0 Å². The Morgan fingerprint density at radius 3 is 2.74 bits per heavy atom. The van der Waals surface area contributed by atoms with Crippen LogP contribution in [0.1, 0.15) is 22.7 Å². The fourth-order valence-corrected chi connectivity index (χ4v) is 1.96. The highest BCUT2D eigenvalue weighted by Crippen LogP contribution is 2.20. The van der Waals surface area contributed by atoms with Crippen LogP contribution in [0.4, 0.5) is 10.2 Å². The summed E-state index contributed by atoms with van der Waals surface area (Å²) in [4.78, 5) is 3.94. The number of nitrogens with two attached hydrogens (primary N) is 2. The van der Waals surface area contributed by atoms with E-state index in [1.807, 2.05) is 12.1 Å². The molecule has 0 fully saturated rings. The van der Waals surface area contributed by atoms with Crippen molar-refractivity contribution in [2.24, 2.45) is 5.84 Å². The number of hydrazine groups is 1. The molecule has 0 spiro atoms. The summed E-state index contributed by atoms with van der Waals surface area (Å²) in [6.07, 6.45) is 2.26. The molecule has 1 unspecified atom stereocenters. The number of halogens is 1. The molecule has 0 amide bonds. The van der Waals surface area contributed by atoms with Gasteiger partial charge in [0.25, 0.3) is 0 Å². The van der Waals surface area contributed by atoms with E-state index < -0.39 is 0 Å². The molecule has 0 aliphatic rings. The number of nitrogens with one attached hydrogen (secondary N) is 1. The molecule has 5 N–H and O–H groups in total. The first-order valence-corrected chi connectivity index (χ1v) is 6.02. The molecular formula is C14H17FN4. The fourth-order valence-electron chi connectivity index (χ4n) is 1.96. The van der Waals surface area contributed by atoms with Crippen molar-refractivity contribution in [1.82, 2.24) is 10.4 Å². The van der Waals surface area contributed by atoms with Crippen LogP contribution in [0.2, 0.25) is 0 Å². The molecule has 19 heavy (non-hydrogen) atoms. The predicted molar refractivity (Wildman–Crippen MR) is 73.6 cm³/mol. The molecule has 0 saturated heterocycles. The Kier molecular flexibility index (Phi) is 4.09. The zero-order chi connectivity index (χ0) is 13.8. The van der Waals surface area contributed by atoms with Gasteiger partial charge in [-0.3, -0.25) is 11.3 Å². The Labute approximate surface area is 111 Å². The first-order valence-electron chi connectivity index (χ1n) is 6.02. The smallest absolute Gasteiger partial charge is 0.126 e. The summed E-state index contributed by atoms with van der Waals surface area (Å²) in [5, 5.41) is 0. The van der Waals surface area contributed by atoms with Gasteiger partial charge in [0.1, 0.15) is 11.6 Å². The maximum absolute atomic E-state index is 13.6. The monoisotopic (exact) mass is 260 g/mol. The second kappa shape index (κ2) is 5.77. The highest BCUT2D eigenvalue weighted by atomic mass is 19.1. The number of nitrogen functional groups attached to an aromatic ring is 1. The van der Waals surface area contributed by atoms with Crippen LogP contribution in [0.5, 0.6) is 0 Å². The Balaban J connectivity index is 2.22. The van der Waals surface area contributed by atoms with Gasteiger partial charge in [0, 0.05) is 6.20 Å². The van der Waals surface area contributed by atoms with Crippen LogP contribution < -0.4 is 17.0 Å². The maximum Gasteiger partial charge on any atom is 0.126 e. The molecule has 0 radical (unpaired) electrons. The molecule has 4 nitrogen and oxygen atoms in total. The second-order valence-corrected chi connectivity index (χ2v) is 4.52. The molecule has 1 heterocycles. The molecule has 100 valence electrons. The molecule has 0 bridgehead atoms. The molecule has 2 aromatic rings. The predicted octanol–water partition coefficient (Wildman–Crippen LogP) is 1.86. The molecule has 5 heteroatoms. The fraction of sp³-hybridized carbons (Fsp3) is 0.214. The molecule has 1 aromatic heterocycles. The summed E-state index contributed by atoms with van der Waals surface area (Å²) in [5.41, 5.74) is 10.8. The number of aryl methyl sites for hydroxylation is 1. The van der Waals surface area contributed by atoms with Gasteiger partial charge < -0.3 is 5.73 Å². The van der Waals surface area contributed by atoms with Crippen molar-refractivity contribution in [3.8, 4) is 0 Å². The maximum atomic E-state index is 13.6. The normalized spacial score (nSPS) is 12.4. The van der Waals surface area contributed by atoms with Crippen molar-refractivity contribution < 1.29 is 4.39 Å². The largest absolute Gasteiger partial charge is 0.384 e. The summed E-state index contributed by atoms with van der Waals surface area (Å²) < 4.78 is 13.6. The van der Waals surface area contributed by atoms with Crippen LogP contribution in [0.15, 0.2) is 36.5 Å². The van der Waals surface area contributed by atoms with Crippen molar-refractivity contribution >= 4 is 5.82 Å².